The second-order valence-corrected chi connectivity index (χ2v) is 6.40. The van der Waals surface area contributed by atoms with E-state index >= 15 is 0 Å². The van der Waals surface area contributed by atoms with Crippen molar-refractivity contribution in [3.63, 3.8) is 0 Å². The number of carbonyl (C=O) groups is 1. The van der Waals surface area contributed by atoms with Gasteiger partial charge in [0.2, 0.25) is 0 Å². The number of amides is 1. The summed E-state index contributed by atoms with van der Waals surface area (Å²) in [6, 6.07) is 11.5. The van der Waals surface area contributed by atoms with Crippen LogP contribution >= 0.6 is 15.9 Å². The molecule has 22 heavy (non-hydrogen) atoms. The van der Waals surface area contributed by atoms with Crippen molar-refractivity contribution in [2.45, 2.75) is 24.7 Å². The first-order chi connectivity index (χ1) is 10.6. The fourth-order valence-electron chi connectivity index (χ4n) is 2.76. The summed E-state index contributed by atoms with van der Waals surface area (Å²) in [5.74, 6) is 0.0592. The fourth-order valence-corrected chi connectivity index (χ4v) is 3.03. The summed E-state index contributed by atoms with van der Waals surface area (Å²) in [6.07, 6.45) is 6.06. The van der Waals surface area contributed by atoms with Crippen LogP contribution in [0.2, 0.25) is 0 Å². The molecule has 1 fully saturated rings. The van der Waals surface area contributed by atoms with Gasteiger partial charge in [-0.05, 0) is 42.7 Å². The smallest absolute Gasteiger partial charge is 0.280 e. The summed E-state index contributed by atoms with van der Waals surface area (Å²) < 4.78 is 1.02. The van der Waals surface area contributed by atoms with Crippen LogP contribution in [0.3, 0.4) is 0 Å². The zero-order chi connectivity index (χ0) is 15.6. The Morgan fingerprint density at radius 2 is 1.95 bits per heavy atom. The van der Waals surface area contributed by atoms with Crippen LogP contribution in [0.25, 0.3) is 0 Å². The maximum Gasteiger partial charge on any atom is 0.280 e. The van der Waals surface area contributed by atoms with Crippen LogP contribution in [-0.4, -0.2) is 16.7 Å². The first-order valence-electron chi connectivity index (χ1n) is 7.17. The minimum absolute atomic E-state index is 0.307. The van der Waals surface area contributed by atoms with Gasteiger partial charge < -0.3 is 5.73 Å². The third-order valence-electron chi connectivity index (χ3n) is 4.22. The minimum atomic E-state index is -0.339. The molecule has 0 spiro atoms. The van der Waals surface area contributed by atoms with Crippen LogP contribution in [0.1, 0.15) is 35.2 Å². The first kappa shape index (κ1) is 14.9. The van der Waals surface area contributed by atoms with Crippen LogP contribution < -0.4 is 5.73 Å². The Labute approximate surface area is 137 Å². The van der Waals surface area contributed by atoms with Gasteiger partial charge in [-0.1, -0.05) is 34.5 Å². The average molecular weight is 358 g/mol. The molecule has 1 aromatic heterocycles. The van der Waals surface area contributed by atoms with Gasteiger partial charge >= 0.3 is 0 Å². The van der Waals surface area contributed by atoms with Crippen molar-refractivity contribution in [1.82, 2.24) is 4.98 Å². The van der Waals surface area contributed by atoms with E-state index in [0.717, 1.165) is 29.3 Å². The van der Waals surface area contributed by atoms with E-state index in [2.05, 4.69) is 25.9 Å². The van der Waals surface area contributed by atoms with Gasteiger partial charge in [-0.15, -0.1) is 0 Å². The van der Waals surface area contributed by atoms with Gasteiger partial charge in [0, 0.05) is 16.9 Å². The third-order valence-corrected chi connectivity index (χ3v) is 4.75. The van der Waals surface area contributed by atoms with Crippen molar-refractivity contribution < 1.29 is 4.79 Å². The lowest BCUT2D eigenvalue weighted by Gasteiger charge is -2.41. The highest BCUT2D eigenvalue weighted by Crippen LogP contribution is 2.44. The van der Waals surface area contributed by atoms with Gasteiger partial charge in [-0.2, -0.15) is 4.99 Å². The zero-order valence-corrected chi connectivity index (χ0v) is 13.6. The van der Waals surface area contributed by atoms with Crippen molar-refractivity contribution in [1.29, 1.82) is 0 Å². The summed E-state index contributed by atoms with van der Waals surface area (Å²) in [6.45, 7) is 0. The highest BCUT2D eigenvalue weighted by Gasteiger charge is 2.42. The maximum absolute atomic E-state index is 12.2. The van der Waals surface area contributed by atoms with E-state index < -0.39 is 0 Å². The minimum Gasteiger partial charge on any atom is -0.386 e. The van der Waals surface area contributed by atoms with Crippen molar-refractivity contribution in [2.24, 2.45) is 10.7 Å². The number of halogens is 1. The lowest BCUT2D eigenvalue weighted by molar-refractivity contribution is 0.100. The molecule has 4 nitrogen and oxygen atoms in total. The molecule has 1 aromatic carbocycles. The highest BCUT2D eigenvalue weighted by atomic mass is 79.9. The Hall–Kier alpha value is -2.01. The summed E-state index contributed by atoms with van der Waals surface area (Å²) in [4.78, 5) is 20.3. The van der Waals surface area contributed by atoms with Gasteiger partial charge in [0.15, 0.2) is 0 Å². The van der Waals surface area contributed by atoms with E-state index in [-0.39, 0.29) is 11.3 Å². The Morgan fingerprint density at radius 3 is 2.50 bits per heavy atom. The van der Waals surface area contributed by atoms with E-state index in [1.807, 2.05) is 24.3 Å². The maximum atomic E-state index is 12.2. The highest BCUT2D eigenvalue weighted by molar-refractivity contribution is 9.10. The average Bonchev–Trinajstić information content (AvgIpc) is 2.49. The molecule has 2 N–H and O–H groups in total. The fraction of sp³-hybridized carbons (Fsp3) is 0.235. The summed E-state index contributed by atoms with van der Waals surface area (Å²) >= 11 is 3.44. The van der Waals surface area contributed by atoms with E-state index in [4.69, 9.17) is 5.73 Å². The molecule has 1 aliphatic carbocycles. The number of aromatic nitrogens is 1. The molecular weight excluding hydrogens is 342 g/mol. The molecule has 0 saturated heterocycles. The number of amidine groups is 1. The lowest BCUT2D eigenvalue weighted by atomic mass is 9.63. The van der Waals surface area contributed by atoms with Gasteiger partial charge in [0.05, 0.1) is 11.0 Å². The van der Waals surface area contributed by atoms with Gasteiger partial charge in [-0.3, -0.25) is 9.78 Å². The lowest BCUT2D eigenvalue weighted by Crippen LogP contribution is -2.47. The molecule has 5 heteroatoms. The van der Waals surface area contributed by atoms with Crippen LogP contribution in [0.15, 0.2) is 58.3 Å². The molecular formula is C17H16BrN3O. The molecule has 3 rings (SSSR count). The predicted octanol–water partition coefficient (Wildman–Crippen LogP) is 3.46. The van der Waals surface area contributed by atoms with Gasteiger partial charge in [0.1, 0.15) is 5.84 Å². The summed E-state index contributed by atoms with van der Waals surface area (Å²) in [5, 5.41) is 0. The molecule has 0 unspecified atom stereocenters. The van der Waals surface area contributed by atoms with E-state index in [0.29, 0.717) is 11.4 Å². The van der Waals surface area contributed by atoms with Crippen molar-refractivity contribution in [3.05, 3.63) is 64.4 Å². The van der Waals surface area contributed by atoms with Crippen molar-refractivity contribution in [2.75, 3.05) is 0 Å². The van der Waals surface area contributed by atoms with Crippen molar-refractivity contribution in [3.8, 4) is 0 Å². The standard InChI is InChI=1S/C17H16BrN3O/c18-14-6-4-13(5-7-14)17(8-2-9-17)16(19)21-15(22)12-3-1-10-20-11-12/h1,3-7,10-11H,2,8-9H2,(H2,19,21,22). The Kier molecular flexibility index (Phi) is 4.07. The van der Waals surface area contributed by atoms with Crippen LogP contribution in [0.4, 0.5) is 0 Å². The van der Waals surface area contributed by atoms with Crippen LogP contribution in [0.5, 0.6) is 0 Å². The topological polar surface area (TPSA) is 68.3 Å². The normalized spacial score (nSPS) is 16.9. The van der Waals surface area contributed by atoms with E-state index in [1.54, 1.807) is 18.3 Å². The molecule has 1 heterocycles. The molecule has 0 aliphatic heterocycles. The van der Waals surface area contributed by atoms with Crippen LogP contribution in [-0.2, 0) is 5.41 Å². The molecule has 0 radical (unpaired) electrons. The molecule has 0 bridgehead atoms. The number of nitrogens with two attached hydrogens (primary N) is 1. The molecule has 2 aromatic rings. The first-order valence-corrected chi connectivity index (χ1v) is 7.96. The molecule has 0 atom stereocenters. The molecule has 112 valence electrons. The Balaban J connectivity index is 1.91. The molecule has 1 saturated carbocycles. The second-order valence-electron chi connectivity index (χ2n) is 5.49. The number of hydrogen-bond donors (Lipinski definition) is 1. The third kappa shape index (κ3) is 2.68. The van der Waals surface area contributed by atoms with Gasteiger partial charge in [-0.25, -0.2) is 0 Å². The number of hydrogen-bond acceptors (Lipinski definition) is 2. The number of benzene rings is 1. The molecule has 1 amide bonds. The Bertz CT molecular complexity index is 706. The zero-order valence-electron chi connectivity index (χ0n) is 12.0. The van der Waals surface area contributed by atoms with E-state index in [9.17, 15) is 4.79 Å². The van der Waals surface area contributed by atoms with Crippen molar-refractivity contribution >= 4 is 27.7 Å². The van der Waals surface area contributed by atoms with Gasteiger partial charge in [0.25, 0.3) is 5.91 Å². The van der Waals surface area contributed by atoms with E-state index in [1.165, 1.54) is 6.20 Å². The number of pyridine rings is 1. The number of aliphatic imine (C=N–C) groups is 1. The quantitative estimate of drug-likeness (QED) is 0.675. The SMILES string of the molecule is NC(=NC(=O)c1cccnc1)C1(c2ccc(Br)cc2)CCC1. The number of rotatable bonds is 3. The second kappa shape index (κ2) is 6.01. The van der Waals surface area contributed by atoms with Crippen LogP contribution in [0, 0.1) is 0 Å². The largest absolute Gasteiger partial charge is 0.386 e. The predicted molar refractivity (Wildman–Crippen MR) is 89.9 cm³/mol. The number of carbonyl (C=O) groups excluding carboxylic acids is 1. The molecule has 1 aliphatic rings. The monoisotopic (exact) mass is 357 g/mol. The number of nitrogens with zero attached hydrogens (tertiary/aromatic N) is 2. The summed E-state index contributed by atoms with van der Waals surface area (Å²) in [5.41, 5.74) is 7.48. The Morgan fingerprint density at radius 1 is 1.23 bits per heavy atom. The summed E-state index contributed by atoms with van der Waals surface area (Å²) in [7, 11) is 0.